The third-order valence-electron chi connectivity index (χ3n) is 1.47. The van der Waals surface area contributed by atoms with Crippen LogP contribution in [0.1, 0.15) is 32.8 Å². The first-order valence-electron chi connectivity index (χ1n) is 5.20. The Morgan fingerprint density at radius 3 is 2.40 bits per heavy atom. The minimum Gasteiger partial charge on any atom is -0.370 e. The minimum absolute atomic E-state index is 0.167. The van der Waals surface area contributed by atoms with E-state index in [-0.39, 0.29) is 5.78 Å². The molecule has 0 amide bonds. The van der Waals surface area contributed by atoms with E-state index in [2.05, 4.69) is 23.3 Å². The molecule has 0 bridgehead atoms. The van der Waals surface area contributed by atoms with Crippen molar-refractivity contribution in [1.29, 1.82) is 0 Å². The van der Waals surface area contributed by atoms with Gasteiger partial charge in [0, 0.05) is 12.7 Å². The van der Waals surface area contributed by atoms with Crippen molar-refractivity contribution in [2.75, 3.05) is 11.9 Å². The van der Waals surface area contributed by atoms with Crippen LogP contribution in [-0.2, 0) is 4.79 Å². The van der Waals surface area contributed by atoms with E-state index < -0.39 is 0 Å². The van der Waals surface area contributed by atoms with Crippen LogP contribution < -0.4 is 5.32 Å². The predicted octanol–water partition coefficient (Wildman–Crippen LogP) is 2.81. The number of anilines is 1. The number of hydrogen-bond acceptors (Lipinski definition) is 3. The highest BCUT2D eigenvalue weighted by Gasteiger charge is 1.89. The molecule has 0 unspecified atom stereocenters. The first-order valence-corrected chi connectivity index (χ1v) is 5.20. The van der Waals surface area contributed by atoms with E-state index in [0.717, 1.165) is 18.8 Å². The largest absolute Gasteiger partial charge is 0.370 e. The summed E-state index contributed by atoms with van der Waals surface area (Å²) in [5, 5.41) is 3.21. The Morgan fingerprint density at radius 1 is 1.40 bits per heavy atom. The van der Waals surface area contributed by atoms with Crippen LogP contribution in [0.2, 0.25) is 0 Å². The molecule has 0 saturated heterocycles. The smallest absolute Gasteiger partial charge is 0.126 e. The van der Waals surface area contributed by atoms with Gasteiger partial charge >= 0.3 is 0 Å². The molecule has 0 fully saturated rings. The number of ketones is 1. The van der Waals surface area contributed by atoms with E-state index in [9.17, 15) is 4.79 Å². The number of hydrogen-bond donors (Lipinski definition) is 1. The third kappa shape index (κ3) is 8.94. The molecule has 1 heterocycles. The van der Waals surface area contributed by atoms with E-state index >= 15 is 0 Å². The minimum atomic E-state index is 0.167. The van der Waals surface area contributed by atoms with Gasteiger partial charge in [-0.3, -0.25) is 0 Å². The normalized spacial score (nSPS) is 8.80. The van der Waals surface area contributed by atoms with Gasteiger partial charge in [-0.25, -0.2) is 4.98 Å². The van der Waals surface area contributed by atoms with Crippen molar-refractivity contribution in [3.8, 4) is 0 Å². The SMILES string of the molecule is CC(C)=O.CCCNc1ccc(C)cn1. The third-order valence-corrected chi connectivity index (χ3v) is 1.47. The number of carbonyl (C=O) groups excluding carboxylic acids is 1. The fraction of sp³-hybridized carbons (Fsp3) is 0.500. The molecule has 0 radical (unpaired) electrons. The summed E-state index contributed by atoms with van der Waals surface area (Å²) in [5.74, 6) is 1.14. The van der Waals surface area contributed by atoms with E-state index in [1.807, 2.05) is 19.2 Å². The van der Waals surface area contributed by atoms with Crippen LogP contribution in [0.4, 0.5) is 5.82 Å². The van der Waals surface area contributed by atoms with Gasteiger partial charge in [0.2, 0.25) is 0 Å². The number of pyridine rings is 1. The first kappa shape index (κ1) is 13.6. The summed E-state index contributed by atoms with van der Waals surface area (Å²) >= 11 is 0. The number of carbonyl (C=O) groups is 1. The van der Waals surface area contributed by atoms with Crippen molar-refractivity contribution in [3.05, 3.63) is 23.9 Å². The second-order valence-electron chi connectivity index (χ2n) is 3.56. The number of aryl methyl sites for hydroxylation is 1. The number of nitrogens with zero attached hydrogens (tertiary/aromatic N) is 1. The van der Waals surface area contributed by atoms with Crippen molar-refractivity contribution < 1.29 is 4.79 Å². The van der Waals surface area contributed by atoms with E-state index in [1.165, 1.54) is 19.4 Å². The van der Waals surface area contributed by atoms with Crippen molar-refractivity contribution >= 4 is 11.6 Å². The van der Waals surface area contributed by atoms with Gasteiger partial charge in [0.1, 0.15) is 11.6 Å². The Morgan fingerprint density at radius 2 is 2.00 bits per heavy atom. The monoisotopic (exact) mass is 208 g/mol. The zero-order chi connectivity index (χ0) is 11.7. The molecule has 3 nitrogen and oxygen atoms in total. The Balaban J connectivity index is 0.000000423. The maximum absolute atomic E-state index is 9.44. The second-order valence-corrected chi connectivity index (χ2v) is 3.56. The van der Waals surface area contributed by atoms with Crippen molar-refractivity contribution in [1.82, 2.24) is 4.98 Å². The molecule has 0 aliphatic rings. The van der Waals surface area contributed by atoms with Gasteiger partial charge in [-0.05, 0) is 38.8 Å². The number of rotatable bonds is 3. The molecule has 0 aromatic carbocycles. The highest BCUT2D eigenvalue weighted by Crippen LogP contribution is 2.02. The van der Waals surface area contributed by atoms with Crippen LogP contribution in [0.15, 0.2) is 18.3 Å². The fourth-order valence-electron chi connectivity index (χ4n) is 0.825. The molecule has 0 spiro atoms. The molecule has 0 atom stereocenters. The summed E-state index contributed by atoms with van der Waals surface area (Å²) in [4.78, 5) is 13.6. The van der Waals surface area contributed by atoms with Gasteiger partial charge in [0.25, 0.3) is 0 Å². The number of Topliss-reactive ketones (excluding diaryl/α,β-unsaturated/α-hetero) is 1. The fourth-order valence-corrected chi connectivity index (χ4v) is 0.825. The van der Waals surface area contributed by atoms with E-state index in [0.29, 0.717) is 0 Å². The topological polar surface area (TPSA) is 42.0 Å². The molecule has 1 N–H and O–H groups in total. The molecular formula is C12H20N2O. The van der Waals surface area contributed by atoms with Crippen molar-refractivity contribution in [2.45, 2.75) is 34.1 Å². The molecular weight excluding hydrogens is 188 g/mol. The van der Waals surface area contributed by atoms with Crippen LogP contribution in [0.3, 0.4) is 0 Å². The van der Waals surface area contributed by atoms with Crippen LogP contribution in [0.25, 0.3) is 0 Å². The molecule has 1 aromatic rings. The lowest BCUT2D eigenvalue weighted by Crippen LogP contribution is -2.01. The standard InChI is InChI=1S/C9H14N2.C3H6O/c1-3-6-10-9-5-4-8(2)7-11-9;1-3(2)4/h4-5,7H,3,6H2,1-2H3,(H,10,11);1-2H3. The summed E-state index contributed by atoms with van der Waals surface area (Å²) in [6, 6.07) is 4.07. The summed E-state index contributed by atoms with van der Waals surface area (Å²) < 4.78 is 0. The second kappa shape index (κ2) is 7.97. The number of aromatic nitrogens is 1. The predicted molar refractivity (Wildman–Crippen MR) is 64.1 cm³/mol. The van der Waals surface area contributed by atoms with Crippen LogP contribution >= 0.6 is 0 Å². The molecule has 84 valence electrons. The maximum Gasteiger partial charge on any atom is 0.126 e. The van der Waals surface area contributed by atoms with Gasteiger partial charge in [-0.15, -0.1) is 0 Å². The van der Waals surface area contributed by atoms with Crippen molar-refractivity contribution in [2.24, 2.45) is 0 Å². The molecule has 3 heteroatoms. The molecule has 0 aliphatic carbocycles. The Hall–Kier alpha value is -1.38. The highest BCUT2D eigenvalue weighted by molar-refractivity contribution is 5.72. The quantitative estimate of drug-likeness (QED) is 0.830. The number of nitrogens with one attached hydrogen (secondary N) is 1. The highest BCUT2D eigenvalue weighted by atomic mass is 16.1. The lowest BCUT2D eigenvalue weighted by Gasteiger charge is -2.02. The van der Waals surface area contributed by atoms with Crippen LogP contribution in [0, 0.1) is 6.92 Å². The lowest BCUT2D eigenvalue weighted by atomic mass is 10.3. The summed E-state index contributed by atoms with van der Waals surface area (Å²) in [7, 11) is 0. The van der Waals surface area contributed by atoms with Crippen molar-refractivity contribution in [3.63, 3.8) is 0 Å². The Kier molecular flexibility index (Phi) is 7.24. The van der Waals surface area contributed by atoms with E-state index in [4.69, 9.17) is 0 Å². The summed E-state index contributed by atoms with van der Waals surface area (Å²) in [6.07, 6.45) is 3.01. The molecule has 15 heavy (non-hydrogen) atoms. The molecule has 1 rings (SSSR count). The molecule has 1 aromatic heterocycles. The first-order chi connectivity index (χ1) is 7.06. The Bertz CT molecular complexity index is 276. The zero-order valence-corrected chi connectivity index (χ0v) is 10.0. The Labute approximate surface area is 91.9 Å². The molecule has 0 saturated carbocycles. The average molecular weight is 208 g/mol. The van der Waals surface area contributed by atoms with Crippen LogP contribution in [0.5, 0.6) is 0 Å². The average Bonchev–Trinajstić information content (AvgIpc) is 2.16. The summed E-state index contributed by atoms with van der Waals surface area (Å²) in [6.45, 7) is 8.23. The maximum atomic E-state index is 9.44. The summed E-state index contributed by atoms with van der Waals surface area (Å²) in [5.41, 5.74) is 1.20. The lowest BCUT2D eigenvalue weighted by molar-refractivity contribution is -0.114. The van der Waals surface area contributed by atoms with Gasteiger partial charge in [0.15, 0.2) is 0 Å². The zero-order valence-electron chi connectivity index (χ0n) is 10.0. The van der Waals surface area contributed by atoms with Gasteiger partial charge in [0.05, 0.1) is 0 Å². The molecule has 0 aliphatic heterocycles. The van der Waals surface area contributed by atoms with Crippen LogP contribution in [-0.4, -0.2) is 17.3 Å². The van der Waals surface area contributed by atoms with E-state index in [1.54, 1.807) is 0 Å². The van der Waals surface area contributed by atoms with Gasteiger partial charge in [-0.2, -0.15) is 0 Å². The van der Waals surface area contributed by atoms with Gasteiger partial charge in [-0.1, -0.05) is 13.0 Å². The van der Waals surface area contributed by atoms with Gasteiger partial charge < -0.3 is 10.1 Å².